The molecule has 0 radical (unpaired) electrons. The summed E-state index contributed by atoms with van der Waals surface area (Å²) in [7, 11) is 0. The number of nitrogens with zero attached hydrogens (tertiary/aromatic N) is 1. The Kier molecular flexibility index (Phi) is 2.91. The molecule has 1 fully saturated rings. The lowest BCUT2D eigenvalue weighted by molar-refractivity contribution is 0.231. The van der Waals surface area contributed by atoms with Crippen molar-refractivity contribution in [2.45, 2.75) is 38.6 Å². The lowest BCUT2D eigenvalue weighted by Crippen LogP contribution is -2.32. The van der Waals surface area contributed by atoms with Crippen molar-refractivity contribution in [2.75, 3.05) is 19.8 Å². The van der Waals surface area contributed by atoms with E-state index in [-0.39, 0.29) is 6.67 Å². The minimum atomic E-state index is -0.226. The third kappa shape index (κ3) is 2.23. The van der Waals surface area contributed by atoms with Crippen LogP contribution >= 0.6 is 0 Å². The molecule has 0 spiro atoms. The van der Waals surface area contributed by atoms with Gasteiger partial charge in [-0.15, -0.1) is 0 Å². The van der Waals surface area contributed by atoms with Crippen LogP contribution in [0.2, 0.25) is 0 Å². The van der Waals surface area contributed by atoms with E-state index in [1.54, 1.807) is 5.56 Å². The van der Waals surface area contributed by atoms with Crippen LogP contribution < -0.4 is 0 Å². The second-order valence-corrected chi connectivity index (χ2v) is 5.47. The maximum absolute atomic E-state index is 12.4. The van der Waals surface area contributed by atoms with Gasteiger partial charge in [-0.2, -0.15) is 0 Å². The molecule has 0 bridgehead atoms. The number of halogens is 1. The zero-order chi connectivity index (χ0) is 11.8. The second kappa shape index (κ2) is 4.41. The topological polar surface area (TPSA) is 3.24 Å². The quantitative estimate of drug-likeness (QED) is 0.775. The van der Waals surface area contributed by atoms with Crippen molar-refractivity contribution in [1.29, 1.82) is 0 Å². The first-order chi connectivity index (χ1) is 8.28. The van der Waals surface area contributed by atoms with E-state index in [1.165, 1.54) is 29.5 Å². The molecule has 92 valence electrons. The van der Waals surface area contributed by atoms with Crippen molar-refractivity contribution in [3.8, 4) is 0 Å². The maximum Gasteiger partial charge on any atom is 0.102 e. The van der Waals surface area contributed by atoms with Crippen molar-refractivity contribution < 1.29 is 4.39 Å². The molecule has 1 aliphatic heterocycles. The Morgan fingerprint density at radius 3 is 2.82 bits per heavy atom. The van der Waals surface area contributed by atoms with Crippen molar-refractivity contribution in [3.63, 3.8) is 0 Å². The number of aryl methyl sites for hydroxylation is 1. The molecule has 1 heterocycles. The summed E-state index contributed by atoms with van der Waals surface area (Å²) < 4.78 is 12.4. The Hall–Kier alpha value is -0.890. The summed E-state index contributed by atoms with van der Waals surface area (Å²) in [6, 6.07) is 4.77. The van der Waals surface area contributed by atoms with Gasteiger partial charge in [-0.05, 0) is 54.4 Å². The lowest BCUT2D eigenvalue weighted by atomic mass is 9.92. The number of rotatable bonds is 3. The van der Waals surface area contributed by atoms with E-state index in [4.69, 9.17) is 0 Å². The average molecular weight is 233 g/mol. The Labute approximate surface area is 103 Å². The van der Waals surface area contributed by atoms with E-state index >= 15 is 0 Å². The van der Waals surface area contributed by atoms with Gasteiger partial charge in [0.2, 0.25) is 0 Å². The van der Waals surface area contributed by atoms with E-state index in [0.717, 1.165) is 25.4 Å². The fourth-order valence-corrected chi connectivity index (χ4v) is 2.95. The smallest absolute Gasteiger partial charge is 0.102 e. The summed E-state index contributed by atoms with van der Waals surface area (Å²) in [5.41, 5.74) is 5.94. The van der Waals surface area contributed by atoms with Gasteiger partial charge in [0, 0.05) is 19.6 Å². The van der Waals surface area contributed by atoms with Gasteiger partial charge >= 0.3 is 0 Å². The summed E-state index contributed by atoms with van der Waals surface area (Å²) in [6.45, 7) is 4.56. The standard InChI is InChI=1S/C15H20FN/c1-11-8-13-4-6-17(7-5-16)10-14(13)9-15(11)12-2-3-12/h8-9,12H,2-7,10H2,1H3. The van der Waals surface area contributed by atoms with Gasteiger partial charge < -0.3 is 0 Å². The largest absolute Gasteiger partial charge is 0.296 e. The van der Waals surface area contributed by atoms with E-state index in [0.29, 0.717) is 6.54 Å². The minimum Gasteiger partial charge on any atom is -0.296 e. The molecule has 2 heteroatoms. The van der Waals surface area contributed by atoms with E-state index in [2.05, 4.69) is 24.0 Å². The van der Waals surface area contributed by atoms with Crippen LogP contribution in [-0.4, -0.2) is 24.7 Å². The van der Waals surface area contributed by atoms with Crippen LogP contribution in [0.4, 0.5) is 4.39 Å². The molecule has 0 unspecified atom stereocenters. The molecule has 17 heavy (non-hydrogen) atoms. The monoisotopic (exact) mass is 233 g/mol. The molecule has 3 rings (SSSR count). The molecule has 0 N–H and O–H groups in total. The fraction of sp³-hybridized carbons (Fsp3) is 0.600. The Bertz CT molecular complexity index is 423. The summed E-state index contributed by atoms with van der Waals surface area (Å²) in [6.07, 6.45) is 3.79. The van der Waals surface area contributed by atoms with Gasteiger partial charge in [-0.1, -0.05) is 12.1 Å². The summed E-state index contributed by atoms with van der Waals surface area (Å²) in [5, 5.41) is 0. The van der Waals surface area contributed by atoms with Gasteiger partial charge in [-0.25, -0.2) is 4.39 Å². The molecular weight excluding hydrogens is 213 g/mol. The molecule has 0 aromatic heterocycles. The van der Waals surface area contributed by atoms with Gasteiger partial charge in [0.25, 0.3) is 0 Å². The molecule has 1 nitrogen and oxygen atoms in total. The van der Waals surface area contributed by atoms with Crippen LogP contribution in [0.5, 0.6) is 0 Å². The van der Waals surface area contributed by atoms with Gasteiger partial charge in [0.05, 0.1) is 0 Å². The van der Waals surface area contributed by atoms with Gasteiger partial charge in [-0.3, -0.25) is 4.90 Å². The van der Waals surface area contributed by atoms with Crippen LogP contribution in [0, 0.1) is 6.92 Å². The van der Waals surface area contributed by atoms with Crippen LogP contribution in [0.15, 0.2) is 12.1 Å². The van der Waals surface area contributed by atoms with Crippen molar-refractivity contribution in [1.82, 2.24) is 4.90 Å². The molecule has 0 amide bonds. The lowest BCUT2D eigenvalue weighted by Gasteiger charge is -2.28. The highest BCUT2D eigenvalue weighted by atomic mass is 19.1. The fourth-order valence-electron chi connectivity index (χ4n) is 2.95. The normalized spacial score (nSPS) is 20.4. The molecule has 2 aliphatic rings. The minimum absolute atomic E-state index is 0.226. The molecule has 1 aromatic carbocycles. The van der Waals surface area contributed by atoms with Crippen molar-refractivity contribution in [2.24, 2.45) is 0 Å². The third-order valence-electron chi connectivity index (χ3n) is 4.10. The molecule has 1 aliphatic carbocycles. The van der Waals surface area contributed by atoms with Crippen molar-refractivity contribution in [3.05, 3.63) is 34.4 Å². The molecular formula is C15H20FN. The number of alkyl halides is 1. The second-order valence-electron chi connectivity index (χ2n) is 5.47. The van der Waals surface area contributed by atoms with Gasteiger partial charge in [0.1, 0.15) is 6.67 Å². The number of fused-ring (bicyclic) bond motifs is 1. The maximum atomic E-state index is 12.4. The number of hydrogen-bond donors (Lipinski definition) is 0. The number of benzene rings is 1. The third-order valence-corrected chi connectivity index (χ3v) is 4.10. The van der Waals surface area contributed by atoms with Crippen LogP contribution in [0.1, 0.15) is 41.0 Å². The number of hydrogen-bond acceptors (Lipinski definition) is 1. The Balaban J connectivity index is 1.87. The van der Waals surface area contributed by atoms with Crippen LogP contribution in [0.3, 0.4) is 0 Å². The summed E-state index contributed by atoms with van der Waals surface area (Å²) >= 11 is 0. The molecule has 0 atom stereocenters. The zero-order valence-corrected chi connectivity index (χ0v) is 10.5. The zero-order valence-electron chi connectivity index (χ0n) is 10.5. The SMILES string of the molecule is Cc1cc2c(cc1C1CC1)CN(CCF)CC2. The molecule has 1 saturated carbocycles. The first-order valence-electron chi connectivity index (χ1n) is 6.68. The highest BCUT2D eigenvalue weighted by Gasteiger charge is 2.27. The first kappa shape index (κ1) is 11.2. The molecule has 1 aromatic rings. The van der Waals surface area contributed by atoms with Gasteiger partial charge in [0.15, 0.2) is 0 Å². The van der Waals surface area contributed by atoms with E-state index in [9.17, 15) is 4.39 Å². The highest BCUT2D eigenvalue weighted by Crippen LogP contribution is 2.42. The van der Waals surface area contributed by atoms with Crippen molar-refractivity contribution >= 4 is 0 Å². The van der Waals surface area contributed by atoms with Crippen LogP contribution in [-0.2, 0) is 13.0 Å². The van der Waals surface area contributed by atoms with E-state index < -0.39 is 0 Å². The van der Waals surface area contributed by atoms with Crippen LogP contribution in [0.25, 0.3) is 0 Å². The summed E-state index contributed by atoms with van der Waals surface area (Å²) in [4.78, 5) is 2.23. The first-order valence-corrected chi connectivity index (χ1v) is 6.68. The Morgan fingerprint density at radius 1 is 1.29 bits per heavy atom. The molecule has 0 saturated heterocycles. The Morgan fingerprint density at radius 2 is 2.12 bits per heavy atom. The highest BCUT2D eigenvalue weighted by molar-refractivity contribution is 5.42. The summed E-state index contributed by atoms with van der Waals surface area (Å²) in [5.74, 6) is 0.817. The predicted molar refractivity (Wildman–Crippen MR) is 68.1 cm³/mol. The average Bonchev–Trinajstić information content (AvgIpc) is 3.13. The van der Waals surface area contributed by atoms with E-state index in [1.807, 2.05) is 0 Å². The predicted octanol–water partition coefficient (Wildman–Crippen LogP) is 3.20.